The molecule has 0 bridgehead atoms. The molecule has 1 N–H and O–H groups in total. The Labute approximate surface area is 145 Å². The van der Waals surface area contributed by atoms with Gasteiger partial charge in [-0.1, -0.05) is 46.3 Å². The average molecular weight is 387 g/mol. The third-order valence-electron chi connectivity index (χ3n) is 3.06. The molecule has 1 atom stereocenters. The number of carbonyl (C=O) groups excluding carboxylic acids is 2. The van der Waals surface area contributed by atoms with Crippen LogP contribution in [0.3, 0.4) is 0 Å². The van der Waals surface area contributed by atoms with Crippen molar-refractivity contribution in [2.75, 3.05) is 18.5 Å². The van der Waals surface area contributed by atoms with Gasteiger partial charge < -0.3 is 9.47 Å². The molecular formula is C16H23BrN2O4. The Hall–Kier alpha value is -1.76. The number of benzene rings is 1. The average Bonchev–Trinajstić information content (AvgIpc) is 2.55. The molecule has 0 aliphatic rings. The number of carbonyl (C=O) groups is 2. The smallest absolute Gasteiger partial charge is 0.429 e. The van der Waals surface area contributed by atoms with E-state index in [1.807, 2.05) is 30.3 Å². The van der Waals surface area contributed by atoms with Gasteiger partial charge in [-0.3, -0.25) is 0 Å². The summed E-state index contributed by atoms with van der Waals surface area (Å²) in [4.78, 5) is 24.1. The number of rotatable bonds is 7. The zero-order chi connectivity index (χ0) is 17.1. The molecule has 6 nitrogen and oxygen atoms in total. The minimum Gasteiger partial charge on any atom is -0.449 e. The molecule has 0 aliphatic heterocycles. The van der Waals surface area contributed by atoms with Gasteiger partial charge in [0.2, 0.25) is 0 Å². The van der Waals surface area contributed by atoms with Gasteiger partial charge in [-0.25, -0.2) is 20.0 Å². The standard InChI is InChI=1S/C16H23BrN2O4/c1-3-22-15(20)18-19(16(21)23-4-2)14(11-8-12-17)13-9-6-5-7-10-13/h5-7,9-10,14H,3-4,8,11-12H2,1-2H3,(H,18,20). The molecule has 0 aromatic heterocycles. The van der Waals surface area contributed by atoms with Crippen LogP contribution in [0.25, 0.3) is 0 Å². The molecule has 23 heavy (non-hydrogen) atoms. The van der Waals surface area contributed by atoms with Gasteiger partial charge in [0, 0.05) is 5.33 Å². The summed E-state index contributed by atoms with van der Waals surface area (Å²) in [7, 11) is 0. The predicted molar refractivity (Wildman–Crippen MR) is 91.2 cm³/mol. The summed E-state index contributed by atoms with van der Waals surface area (Å²) in [5.41, 5.74) is 3.41. The van der Waals surface area contributed by atoms with Crippen molar-refractivity contribution < 1.29 is 19.1 Å². The Kier molecular flexibility index (Phi) is 9.12. The Morgan fingerprint density at radius 3 is 2.39 bits per heavy atom. The second-order valence-corrected chi connectivity index (χ2v) is 5.45. The van der Waals surface area contributed by atoms with Crippen molar-refractivity contribution in [2.45, 2.75) is 32.7 Å². The minimum absolute atomic E-state index is 0.222. The van der Waals surface area contributed by atoms with Crippen molar-refractivity contribution in [1.82, 2.24) is 10.4 Å². The van der Waals surface area contributed by atoms with Crippen LogP contribution < -0.4 is 5.43 Å². The Morgan fingerprint density at radius 2 is 1.83 bits per heavy atom. The van der Waals surface area contributed by atoms with Crippen molar-refractivity contribution in [3.05, 3.63) is 35.9 Å². The van der Waals surface area contributed by atoms with Gasteiger partial charge in [0.15, 0.2) is 0 Å². The van der Waals surface area contributed by atoms with E-state index in [1.165, 1.54) is 5.01 Å². The second kappa shape index (κ2) is 10.9. The number of hydrazine groups is 1. The van der Waals surface area contributed by atoms with Crippen LogP contribution in [-0.2, 0) is 9.47 Å². The van der Waals surface area contributed by atoms with Crippen molar-refractivity contribution in [2.24, 2.45) is 0 Å². The van der Waals surface area contributed by atoms with E-state index in [9.17, 15) is 9.59 Å². The van der Waals surface area contributed by atoms with Crippen LogP contribution in [0.15, 0.2) is 30.3 Å². The van der Waals surface area contributed by atoms with Crippen LogP contribution in [-0.4, -0.2) is 35.7 Å². The van der Waals surface area contributed by atoms with E-state index >= 15 is 0 Å². The van der Waals surface area contributed by atoms with Crippen molar-refractivity contribution >= 4 is 28.1 Å². The summed E-state index contributed by atoms with van der Waals surface area (Å²) >= 11 is 3.40. The fraction of sp³-hybridized carbons (Fsp3) is 0.500. The SMILES string of the molecule is CCOC(=O)NN(C(=O)OCC)C(CCCBr)c1ccccc1. The largest absolute Gasteiger partial charge is 0.449 e. The molecule has 0 saturated heterocycles. The van der Waals surface area contributed by atoms with Crippen LogP contribution in [0.5, 0.6) is 0 Å². The van der Waals surface area contributed by atoms with E-state index in [-0.39, 0.29) is 19.3 Å². The number of ether oxygens (including phenoxy) is 2. The number of halogens is 1. The number of hydrogen-bond donors (Lipinski definition) is 1. The molecule has 0 aliphatic carbocycles. The summed E-state index contributed by atoms with van der Waals surface area (Å²) in [6, 6.07) is 9.18. The highest BCUT2D eigenvalue weighted by Crippen LogP contribution is 2.25. The first kappa shape index (κ1) is 19.3. The first-order chi connectivity index (χ1) is 11.1. The molecule has 1 aromatic carbocycles. The predicted octanol–water partition coefficient (Wildman–Crippen LogP) is 4.02. The lowest BCUT2D eigenvalue weighted by molar-refractivity contribution is 0.0526. The van der Waals surface area contributed by atoms with Crippen molar-refractivity contribution in [3.8, 4) is 0 Å². The summed E-state index contributed by atoms with van der Waals surface area (Å²) < 4.78 is 9.95. The van der Waals surface area contributed by atoms with E-state index in [0.29, 0.717) is 6.42 Å². The molecule has 1 aromatic rings. The van der Waals surface area contributed by atoms with Gasteiger partial charge >= 0.3 is 12.2 Å². The second-order valence-electron chi connectivity index (χ2n) is 4.66. The van der Waals surface area contributed by atoms with Crippen LogP contribution in [0.2, 0.25) is 0 Å². The van der Waals surface area contributed by atoms with Crippen molar-refractivity contribution in [3.63, 3.8) is 0 Å². The highest BCUT2D eigenvalue weighted by molar-refractivity contribution is 9.09. The maximum absolute atomic E-state index is 12.3. The number of alkyl halides is 1. The molecule has 2 amide bonds. The zero-order valence-electron chi connectivity index (χ0n) is 13.5. The van der Waals surface area contributed by atoms with Crippen LogP contribution in [0.4, 0.5) is 9.59 Å². The molecule has 0 radical (unpaired) electrons. The maximum Gasteiger partial charge on any atom is 0.429 e. The van der Waals surface area contributed by atoms with Gasteiger partial charge in [0.25, 0.3) is 0 Å². The van der Waals surface area contributed by atoms with E-state index < -0.39 is 12.2 Å². The van der Waals surface area contributed by atoms with E-state index in [4.69, 9.17) is 9.47 Å². The van der Waals surface area contributed by atoms with Crippen molar-refractivity contribution in [1.29, 1.82) is 0 Å². The fourth-order valence-corrected chi connectivity index (χ4v) is 2.42. The molecule has 0 spiro atoms. The molecule has 0 saturated carbocycles. The lowest BCUT2D eigenvalue weighted by atomic mass is 10.0. The first-order valence-electron chi connectivity index (χ1n) is 7.64. The van der Waals surface area contributed by atoms with E-state index in [0.717, 1.165) is 17.3 Å². The Bertz CT molecular complexity index is 484. The molecule has 0 fully saturated rings. The Balaban J connectivity index is 3.03. The third kappa shape index (κ3) is 6.48. The monoisotopic (exact) mass is 386 g/mol. The molecule has 1 unspecified atom stereocenters. The molecule has 0 heterocycles. The third-order valence-corrected chi connectivity index (χ3v) is 3.62. The lowest BCUT2D eigenvalue weighted by Crippen LogP contribution is -2.48. The number of hydrogen-bond acceptors (Lipinski definition) is 4. The quantitative estimate of drug-likeness (QED) is 0.567. The summed E-state index contributed by atoms with van der Waals surface area (Å²) in [5, 5.41) is 2.01. The van der Waals surface area contributed by atoms with Crippen LogP contribution in [0, 0.1) is 0 Å². The first-order valence-corrected chi connectivity index (χ1v) is 8.76. The minimum atomic E-state index is -0.680. The summed E-state index contributed by atoms with van der Waals surface area (Å²) in [5.74, 6) is 0. The van der Waals surface area contributed by atoms with Gasteiger partial charge in [0.05, 0.1) is 19.3 Å². The lowest BCUT2D eigenvalue weighted by Gasteiger charge is -2.30. The molecule has 7 heteroatoms. The number of amides is 2. The summed E-state index contributed by atoms with van der Waals surface area (Å²) in [6.07, 6.45) is 0.213. The maximum atomic E-state index is 12.3. The van der Waals surface area contributed by atoms with Gasteiger partial charge in [-0.05, 0) is 32.3 Å². The normalized spacial score (nSPS) is 11.4. The molecule has 1 rings (SSSR count). The van der Waals surface area contributed by atoms with Gasteiger partial charge in [-0.2, -0.15) is 0 Å². The fourth-order valence-electron chi connectivity index (χ4n) is 2.10. The zero-order valence-corrected chi connectivity index (χ0v) is 15.0. The van der Waals surface area contributed by atoms with E-state index in [1.54, 1.807) is 13.8 Å². The van der Waals surface area contributed by atoms with Crippen LogP contribution in [0.1, 0.15) is 38.3 Å². The van der Waals surface area contributed by atoms with Gasteiger partial charge in [0.1, 0.15) is 0 Å². The highest BCUT2D eigenvalue weighted by Gasteiger charge is 2.28. The highest BCUT2D eigenvalue weighted by atomic mass is 79.9. The number of nitrogens with one attached hydrogen (secondary N) is 1. The van der Waals surface area contributed by atoms with E-state index in [2.05, 4.69) is 21.4 Å². The number of nitrogens with zero attached hydrogens (tertiary/aromatic N) is 1. The topological polar surface area (TPSA) is 67.9 Å². The Morgan fingerprint density at radius 1 is 1.17 bits per heavy atom. The van der Waals surface area contributed by atoms with Crippen LogP contribution >= 0.6 is 15.9 Å². The molecular weight excluding hydrogens is 364 g/mol. The molecule has 128 valence electrons. The summed E-state index contributed by atoms with van der Waals surface area (Å²) in [6.45, 7) is 3.87. The van der Waals surface area contributed by atoms with Gasteiger partial charge in [-0.15, -0.1) is 0 Å².